The number of hydrogen-bond donors (Lipinski definition) is 4. The van der Waals surface area contributed by atoms with Crippen molar-refractivity contribution in [1.29, 1.82) is 0 Å². The number of anilines is 2. The zero-order valence-corrected chi connectivity index (χ0v) is 23.9. The van der Waals surface area contributed by atoms with Crippen LogP contribution in [0.25, 0.3) is 12.2 Å². The summed E-state index contributed by atoms with van der Waals surface area (Å²) < 4.78 is 0. The first-order chi connectivity index (χ1) is 20.7. The first-order valence-corrected chi connectivity index (χ1v) is 13.6. The SMILES string of the molecule is CC(=O)N/C(=C/c1ccccc1)C(=O)Nc1ccc(Cc2ccc(NC(=O)/C(=C\c3ccccc3)NC(C)=O)cc2)cc1. The molecule has 0 aromatic heterocycles. The Hall–Kier alpha value is -5.76. The van der Waals surface area contributed by atoms with Crippen molar-refractivity contribution in [2.75, 3.05) is 10.6 Å². The van der Waals surface area contributed by atoms with Crippen LogP contribution < -0.4 is 21.3 Å². The van der Waals surface area contributed by atoms with Crippen LogP contribution in [0.2, 0.25) is 0 Å². The molecule has 4 aromatic rings. The maximum atomic E-state index is 12.9. The molecule has 0 saturated heterocycles. The molecule has 0 bridgehead atoms. The third-order valence-corrected chi connectivity index (χ3v) is 6.16. The molecule has 0 fully saturated rings. The van der Waals surface area contributed by atoms with Crippen molar-refractivity contribution < 1.29 is 19.2 Å². The summed E-state index contributed by atoms with van der Waals surface area (Å²) in [7, 11) is 0. The monoisotopic (exact) mass is 572 g/mol. The highest BCUT2D eigenvalue weighted by molar-refractivity contribution is 6.09. The predicted molar refractivity (Wildman–Crippen MR) is 169 cm³/mol. The lowest BCUT2D eigenvalue weighted by Gasteiger charge is -2.11. The fourth-order valence-electron chi connectivity index (χ4n) is 4.17. The highest BCUT2D eigenvalue weighted by atomic mass is 16.2. The van der Waals surface area contributed by atoms with E-state index in [1.165, 1.54) is 13.8 Å². The lowest BCUT2D eigenvalue weighted by molar-refractivity contribution is -0.120. The largest absolute Gasteiger partial charge is 0.322 e. The molecule has 0 aliphatic carbocycles. The summed E-state index contributed by atoms with van der Waals surface area (Å²) in [5.41, 5.74) is 5.11. The van der Waals surface area contributed by atoms with E-state index >= 15 is 0 Å². The molecule has 0 aliphatic heterocycles. The molecule has 43 heavy (non-hydrogen) atoms. The summed E-state index contributed by atoms with van der Waals surface area (Å²) in [6, 6.07) is 33.4. The molecular formula is C35H32N4O4. The number of benzene rings is 4. The van der Waals surface area contributed by atoms with E-state index in [2.05, 4.69) is 21.3 Å². The van der Waals surface area contributed by atoms with Crippen LogP contribution in [0.4, 0.5) is 11.4 Å². The first kappa shape index (κ1) is 30.2. The standard InChI is InChI=1S/C35H32N4O4/c1-24(40)36-32(22-26-9-5-3-6-10-26)34(42)38-30-17-13-28(14-18-30)21-29-15-19-31(20-16-29)39-35(43)33(37-25(2)41)23-27-11-7-4-8-12-27/h3-20,22-23H,21H2,1-2H3,(H,36,40)(H,37,41)(H,38,42)(H,39,43)/b32-22+,33-23+. The number of hydrogen-bond acceptors (Lipinski definition) is 4. The van der Waals surface area contributed by atoms with Gasteiger partial charge in [-0.2, -0.15) is 0 Å². The lowest BCUT2D eigenvalue weighted by atomic mass is 10.0. The topological polar surface area (TPSA) is 116 Å². The summed E-state index contributed by atoms with van der Waals surface area (Å²) in [6.45, 7) is 2.71. The molecular weight excluding hydrogens is 540 g/mol. The molecule has 0 heterocycles. The molecule has 8 nitrogen and oxygen atoms in total. The van der Waals surface area contributed by atoms with Gasteiger partial charge in [0, 0.05) is 25.2 Å². The zero-order valence-electron chi connectivity index (χ0n) is 23.9. The maximum absolute atomic E-state index is 12.9. The van der Waals surface area contributed by atoms with E-state index in [-0.39, 0.29) is 23.2 Å². The van der Waals surface area contributed by atoms with Crippen molar-refractivity contribution in [2.45, 2.75) is 20.3 Å². The highest BCUT2D eigenvalue weighted by Gasteiger charge is 2.13. The predicted octanol–water partition coefficient (Wildman–Crippen LogP) is 5.51. The van der Waals surface area contributed by atoms with Crippen molar-refractivity contribution in [3.8, 4) is 0 Å². The molecule has 0 atom stereocenters. The number of rotatable bonds is 10. The Morgan fingerprint density at radius 2 is 0.860 bits per heavy atom. The summed E-state index contributed by atoms with van der Waals surface area (Å²) in [4.78, 5) is 49.1. The van der Waals surface area contributed by atoms with Crippen LogP contribution in [0.15, 0.2) is 121 Å². The molecule has 0 saturated carbocycles. The van der Waals surface area contributed by atoms with E-state index in [1.807, 2.05) is 84.9 Å². The quantitative estimate of drug-likeness (QED) is 0.188. The van der Waals surface area contributed by atoms with Gasteiger partial charge in [0.1, 0.15) is 11.4 Å². The summed E-state index contributed by atoms with van der Waals surface area (Å²) >= 11 is 0. The van der Waals surface area contributed by atoms with Crippen molar-refractivity contribution in [1.82, 2.24) is 10.6 Å². The minimum absolute atomic E-state index is 0.148. The van der Waals surface area contributed by atoms with Crippen molar-refractivity contribution >= 4 is 47.2 Å². The van der Waals surface area contributed by atoms with E-state index in [0.29, 0.717) is 17.8 Å². The van der Waals surface area contributed by atoms with Gasteiger partial charge < -0.3 is 21.3 Å². The van der Waals surface area contributed by atoms with E-state index in [4.69, 9.17) is 0 Å². The molecule has 8 heteroatoms. The third kappa shape index (κ3) is 9.68. The van der Waals surface area contributed by atoms with Gasteiger partial charge in [0.2, 0.25) is 11.8 Å². The molecule has 4 N–H and O–H groups in total. The van der Waals surface area contributed by atoms with Gasteiger partial charge in [-0.25, -0.2) is 0 Å². The average molecular weight is 573 g/mol. The molecule has 0 aliphatic rings. The van der Waals surface area contributed by atoms with Gasteiger partial charge in [0.05, 0.1) is 0 Å². The van der Waals surface area contributed by atoms with Crippen LogP contribution in [0.3, 0.4) is 0 Å². The van der Waals surface area contributed by atoms with Gasteiger partial charge in [0.25, 0.3) is 11.8 Å². The molecule has 216 valence electrons. The number of carbonyl (C=O) groups is 4. The Bertz CT molecular complexity index is 1520. The van der Waals surface area contributed by atoms with Crippen LogP contribution in [-0.2, 0) is 25.6 Å². The minimum Gasteiger partial charge on any atom is -0.322 e. The normalized spacial score (nSPS) is 11.3. The zero-order chi connectivity index (χ0) is 30.6. The number of nitrogens with one attached hydrogen (secondary N) is 4. The van der Waals surface area contributed by atoms with Crippen LogP contribution in [0.1, 0.15) is 36.1 Å². The van der Waals surface area contributed by atoms with Crippen LogP contribution in [-0.4, -0.2) is 23.6 Å². The third-order valence-electron chi connectivity index (χ3n) is 6.16. The van der Waals surface area contributed by atoms with Gasteiger partial charge >= 0.3 is 0 Å². The van der Waals surface area contributed by atoms with Gasteiger partial charge in [-0.05, 0) is 65.1 Å². The van der Waals surface area contributed by atoms with Crippen molar-refractivity contribution in [2.24, 2.45) is 0 Å². The molecule has 0 radical (unpaired) electrons. The minimum atomic E-state index is -0.426. The second kappa shape index (κ2) is 14.7. The van der Waals surface area contributed by atoms with Crippen LogP contribution in [0, 0.1) is 0 Å². The Morgan fingerprint density at radius 3 is 1.19 bits per heavy atom. The fourth-order valence-corrected chi connectivity index (χ4v) is 4.17. The van der Waals surface area contributed by atoms with Gasteiger partial charge in [-0.3, -0.25) is 19.2 Å². The molecule has 4 amide bonds. The second-order valence-electron chi connectivity index (χ2n) is 9.78. The molecule has 4 rings (SSSR count). The Balaban J connectivity index is 1.37. The highest BCUT2D eigenvalue weighted by Crippen LogP contribution is 2.18. The number of carbonyl (C=O) groups excluding carboxylic acids is 4. The van der Waals surface area contributed by atoms with Gasteiger partial charge in [-0.15, -0.1) is 0 Å². The van der Waals surface area contributed by atoms with Gasteiger partial charge in [-0.1, -0.05) is 84.9 Å². The van der Waals surface area contributed by atoms with Crippen LogP contribution >= 0.6 is 0 Å². The van der Waals surface area contributed by atoms with E-state index in [1.54, 1.807) is 36.4 Å². The first-order valence-electron chi connectivity index (χ1n) is 13.6. The van der Waals surface area contributed by atoms with Gasteiger partial charge in [0.15, 0.2) is 0 Å². The fraction of sp³-hybridized carbons (Fsp3) is 0.0857. The van der Waals surface area contributed by atoms with E-state index in [0.717, 1.165) is 22.3 Å². The van der Waals surface area contributed by atoms with Crippen molar-refractivity contribution in [3.05, 3.63) is 143 Å². The van der Waals surface area contributed by atoms with E-state index in [9.17, 15) is 19.2 Å². The van der Waals surface area contributed by atoms with E-state index < -0.39 is 11.8 Å². The average Bonchev–Trinajstić information content (AvgIpc) is 2.99. The molecule has 0 spiro atoms. The van der Waals surface area contributed by atoms with Crippen LogP contribution in [0.5, 0.6) is 0 Å². The summed E-state index contributed by atoms with van der Waals surface area (Å²) in [5, 5.41) is 10.8. The lowest BCUT2D eigenvalue weighted by Crippen LogP contribution is -2.28. The van der Waals surface area contributed by atoms with Crippen molar-refractivity contribution in [3.63, 3.8) is 0 Å². The second-order valence-corrected chi connectivity index (χ2v) is 9.78. The Labute approximate surface area is 250 Å². The molecule has 4 aromatic carbocycles. The Kier molecular flexibility index (Phi) is 10.4. The Morgan fingerprint density at radius 1 is 0.512 bits per heavy atom. The smallest absolute Gasteiger partial charge is 0.272 e. The summed E-state index contributed by atoms with van der Waals surface area (Å²) in [5.74, 6) is -1.53. The maximum Gasteiger partial charge on any atom is 0.272 e. The molecule has 0 unspecified atom stereocenters. The number of amides is 4. The summed E-state index contributed by atoms with van der Waals surface area (Å²) in [6.07, 6.45) is 3.88.